The number of aromatic nitrogens is 1. The van der Waals surface area contributed by atoms with Crippen molar-refractivity contribution in [1.82, 2.24) is 14.4 Å². The molecule has 2 fully saturated rings. The zero-order valence-corrected chi connectivity index (χ0v) is 21.7. The number of carbonyl (C=O) groups is 1. The first-order chi connectivity index (χ1) is 17.5. The summed E-state index contributed by atoms with van der Waals surface area (Å²) in [6.45, 7) is 6.51. The summed E-state index contributed by atoms with van der Waals surface area (Å²) in [6, 6.07) is 11.5. The van der Waals surface area contributed by atoms with Crippen molar-refractivity contribution >= 4 is 56.9 Å². The number of benzene rings is 1. The van der Waals surface area contributed by atoms with Crippen molar-refractivity contribution in [3.05, 3.63) is 69.2 Å². The maximum Gasteiger partial charge on any atom is 0.266 e. The molecule has 36 heavy (non-hydrogen) atoms. The molecule has 0 aliphatic carbocycles. The normalized spacial score (nSPS) is 18.2. The molecular formula is C26H28N4O4S2. The summed E-state index contributed by atoms with van der Waals surface area (Å²) in [4.78, 5) is 33.5. The molecule has 10 heteroatoms. The number of aryl methyl sites for hydroxylation is 1. The van der Waals surface area contributed by atoms with Crippen LogP contribution in [-0.2, 0) is 17.9 Å². The average Bonchev–Trinajstić information content (AvgIpc) is 3.49. The average molecular weight is 525 g/mol. The van der Waals surface area contributed by atoms with Gasteiger partial charge in [0.05, 0.1) is 41.1 Å². The van der Waals surface area contributed by atoms with E-state index in [2.05, 4.69) is 9.80 Å². The number of thioether (sulfide) groups is 1. The number of carbonyl (C=O) groups excluding carboxylic acids is 1. The number of hydrogen-bond donors (Lipinski definition) is 1. The zero-order valence-electron chi connectivity index (χ0n) is 20.1. The number of hydrogen-bond acceptors (Lipinski definition) is 8. The van der Waals surface area contributed by atoms with Gasteiger partial charge >= 0.3 is 0 Å². The Hall–Kier alpha value is -2.92. The third kappa shape index (κ3) is 4.61. The van der Waals surface area contributed by atoms with E-state index in [1.165, 1.54) is 16.7 Å². The summed E-state index contributed by atoms with van der Waals surface area (Å²) >= 11 is 6.72. The van der Waals surface area contributed by atoms with Crippen molar-refractivity contribution in [2.24, 2.45) is 0 Å². The molecule has 0 atom stereocenters. The highest BCUT2D eigenvalue weighted by Crippen LogP contribution is 2.37. The van der Waals surface area contributed by atoms with Crippen LogP contribution in [0.4, 0.5) is 5.69 Å². The second-order valence-corrected chi connectivity index (χ2v) is 10.4. The topological polar surface area (TPSA) is 82.2 Å². The minimum atomic E-state index is -0.226. The SMILES string of the molecule is CCn1c(=O)c(C=C2SC(=S)N(Cc3ccco3)C2=O)c(N2CCN(CCO)CC2)c2ccccc21. The van der Waals surface area contributed by atoms with Gasteiger partial charge in [0.1, 0.15) is 10.1 Å². The molecule has 1 amide bonds. The number of aliphatic hydroxyl groups excluding tert-OH is 1. The van der Waals surface area contributed by atoms with Crippen LogP contribution in [0.2, 0.25) is 0 Å². The van der Waals surface area contributed by atoms with Crippen LogP contribution >= 0.6 is 24.0 Å². The second kappa shape index (κ2) is 10.6. The number of thiocarbonyl (C=S) groups is 1. The third-order valence-corrected chi connectivity index (χ3v) is 8.02. The highest BCUT2D eigenvalue weighted by Gasteiger charge is 2.34. The van der Waals surface area contributed by atoms with Crippen LogP contribution in [0.25, 0.3) is 17.0 Å². The molecule has 1 N–H and O–H groups in total. The number of para-hydroxylation sites is 1. The molecule has 4 heterocycles. The number of β-amino-alcohol motifs (C(OH)–C–C–N with tert-alkyl or cyclic N) is 1. The van der Waals surface area contributed by atoms with Crippen molar-refractivity contribution in [3.8, 4) is 0 Å². The van der Waals surface area contributed by atoms with Gasteiger partial charge in [-0.3, -0.25) is 19.4 Å². The van der Waals surface area contributed by atoms with E-state index in [0.29, 0.717) is 33.6 Å². The molecule has 0 spiro atoms. The zero-order chi connectivity index (χ0) is 25.2. The van der Waals surface area contributed by atoms with Gasteiger partial charge < -0.3 is 19.0 Å². The summed E-state index contributed by atoms with van der Waals surface area (Å²) in [5, 5.41) is 10.3. The molecule has 3 aromatic rings. The van der Waals surface area contributed by atoms with E-state index in [0.717, 1.165) is 42.8 Å². The molecule has 0 bridgehead atoms. The molecule has 5 rings (SSSR count). The third-order valence-electron chi connectivity index (χ3n) is 6.64. The molecule has 0 radical (unpaired) electrons. The fourth-order valence-electron chi connectivity index (χ4n) is 4.86. The summed E-state index contributed by atoms with van der Waals surface area (Å²) in [5.41, 5.74) is 2.10. The smallest absolute Gasteiger partial charge is 0.266 e. The summed E-state index contributed by atoms with van der Waals surface area (Å²) < 4.78 is 7.61. The van der Waals surface area contributed by atoms with Crippen LogP contribution in [0.15, 0.2) is 56.8 Å². The minimum Gasteiger partial charge on any atom is -0.467 e. The molecule has 0 unspecified atom stereocenters. The lowest BCUT2D eigenvalue weighted by atomic mass is 10.0. The van der Waals surface area contributed by atoms with E-state index in [1.54, 1.807) is 29.0 Å². The van der Waals surface area contributed by atoms with Crippen molar-refractivity contribution in [1.29, 1.82) is 0 Å². The monoisotopic (exact) mass is 524 g/mol. The largest absolute Gasteiger partial charge is 0.467 e. The number of fused-ring (bicyclic) bond motifs is 1. The van der Waals surface area contributed by atoms with E-state index in [4.69, 9.17) is 16.6 Å². The molecule has 188 valence electrons. The number of anilines is 1. The molecule has 0 saturated carbocycles. The van der Waals surface area contributed by atoms with Crippen LogP contribution in [0, 0.1) is 0 Å². The van der Waals surface area contributed by atoms with E-state index in [9.17, 15) is 14.7 Å². The number of piperazine rings is 1. The Morgan fingerprint density at radius 3 is 2.58 bits per heavy atom. The van der Waals surface area contributed by atoms with E-state index in [-0.39, 0.29) is 24.6 Å². The lowest BCUT2D eigenvalue weighted by molar-refractivity contribution is -0.122. The standard InChI is InChI=1S/C26H28N4O4S2/c1-2-29-21-8-4-3-7-19(21)23(28-11-9-27(10-12-28)13-14-31)20(24(29)32)16-22-25(33)30(26(35)36-22)17-18-6-5-15-34-18/h3-8,15-16,31H,2,9-14,17H2,1H3. The van der Waals surface area contributed by atoms with E-state index < -0.39 is 0 Å². The van der Waals surface area contributed by atoms with Crippen molar-refractivity contribution in [2.45, 2.75) is 20.0 Å². The first-order valence-corrected chi connectivity index (χ1v) is 13.3. The lowest BCUT2D eigenvalue weighted by Crippen LogP contribution is -2.48. The Kier molecular flexibility index (Phi) is 7.29. The Morgan fingerprint density at radius 2 is 1.89 bits per heavy atom. The maximum absolute atomic E-state index is 13.8. The fourth-order valence-corrected chi connectivity index (χ4v) is 6.09. The first kappa shape index (κ1) is 24.8. The van der Waals surface area contributed by atoms with Gasteiger partial charge in [-0.2, -0.15) is 0 Å². The lowest BCUT2D eigenvalue weighted by Gasteiger charge is -2.37. The molecule has 1 aromatic carbocycles. The molecule has 2 aliphatic rings. The minimum absolute atomic E-state index is 0.125. The predicted molar refractivity (Wildman–Crippen MR) is 147 cm³/mol. The van der Waals surface area contributed by atoms with E-state index in [1.807, 2.05) is 31.2 Å². The second-order valence-electron chi connectivity index (χ2n) is 8.73. The Balaban J connectivity index is 1.59. The maximum atomic E-state index is 13.8. The Bertz CT molecular complexity index is 1370. The van der Waals surface area contributed by atoms with Gasteiger partial charge in [-0.15, -0.1) is 0 Å². The van der Waals surface area contributed by atoms with Gasteiger partial charge in [0.2, 0.25) is 0 Å². The van der Waals surface area contributed by atoms with Crippen molar-refractivity contribution in [3.63, 3.8) is 0 Å². The van der Waals surface area contributed by atoms with Crippen LogP contribution in [-0.4, -0.2) is 69.0 Å². The molecular weight excluding hydrogens is 496 g/mol. The molecule has 2 saturated heterocycles. The number of pyridine rings is 1. The summed E-state index contributed by atoms with van der Waals surface area (Å²) in [6.07, 6.45) is 3.29. The van der Waals surface area contributed by atoms with Crippen LogP contribution in [0.1, 0.15) is 18.2 Å². The quantitative estimate of drug-likeness (QED) is 0.373. The molecule has 2 aromatic heterocycles. The highest BCUT2D eigenvalue weighted by atomic mass is 32.2. The van der Waals surface area contributed by atoms with Crippen LogP contribution in [0.3, 0.4) is 0 Å². The van der Waals surface area contributed by atoms with Gasteiger partial charge in [0.25, 0.3) is 11.5 Å². The summed E-state index contributed by atoms with van der Waals surface area (Å²) in [5.74, 6) is 0.420. The number of aliphatic hydroxyl groups is 1. The number of rotatable bonds is 7. The number of amides is 1. The first-order valence-electron chi connectivity index (χ1n) is 12.0. The highest BCUT2D eigenvalue weighted by molar-refractivity contribution is 8.26. The van der Waals surface area contributed by atoms with Gasteiger partial charge in [-0.25, -0.2) is 0 Å². The van der Waals surface area contributed by atoms with Gasteiger partial charge in [0, 0.05) is 44.7 Å². The number of nitrogens with zero attached hydrogens (tertiary/aromatic N) is 4. The molecule has 2 aliphatic heterocycles. The van der Waals surface area contributed by atoms with Crippen LogP contribution in [0.5, 0.6) is 0 Å². The Morgan fingerprint density at radius 1 is 1.11 bits per heavy atom. The number of furan rings is 1. The van der Waals surface area contributed by atoms with Crippen molar-refractivity contribution in [2.75, 3.05) is 44.2 Å². The van der Waals surface area contributed by atoms with Gasteiger partial charge in [-0.05, 0) is 31.2 Å². The summed E-state index contributed by atoms with van der Waals surface area (Å²) in [7, 11) is 0. The van der Waals surface area contributed by atoms with Crippen LogP contribution < -0.4 is 10.5 Å². The fraction of sp³-hybridized carbons (Fsp3) is 0.346. The Labute approximate surface area is 218 Å². The van der Waals surface area contributed by atoms with Gasteiger partial charge in [-0.1, -0.05) is 42.2 Å². The van der Waals surface area contributed by atoms with E-state index >= 15 is 0 Å². The van der Waals surface area contributed by atoms with Crippen molar-refractivity contribution < 1.29 is 14.3 Å². The van der Waals surface area contributed by atoms with Gasteiger partial charge in [0.15, 0.2) is 0 Å². The molecule has 8 nitrogen and oxygen atoms in total. The predicted octanol–water partition coefficient (Wildman–Crippen LogP) is 3.13.